The number of H-pyrrole nitrogens is 1. The van der Waals surface area contributed by atoms with E-state index in [4.69, 9.17) is 4.52 Å². The number of nitrogens with one attached hydrogen (secondary N) is 1. The zero-order valence-corrected chi connectivity index (χ0v) is 13.3. The van der Waals surface area contributed by atoms with Crippen LogP contribution in [0, 0.1) is 6.92 Å². The summed E-state index contributed by atoms with van der Waals surface area (Å²) >= 11 is 0. The van der Waals surface area contributed by atoms with Crippen molar-refractivity contribution in [3.63, 3.8) is 0 Å². The van der Waals surface area contributed by atoms with Crippen LogP contribution in [0.25, 0.3) is 11.5 Å². The van der Waals surface area contributed by atoms with Gasteiger partial charge in [0.05, 0.1) is 0 Å². The highest BCUT2D eigenvalue weighted by Crippen LogP contribution is 2.28. The Labute approximate surface area is 138 Å². The second-order valence-electron chi connectivity index (χ2n) is 6.00. The molecular weight excluding hydrogens is 306 g/mol. The lowest BCUT2D eigenvalue weighted by Crippen LogP contribution is -2.28. The summed E-state index contributed by atoms with van der Waals surface area (Å²) in [7, 11) is 0. The molecule has 122 valence electrons. The third-order valence-corrected chi connectivity index (χ3v) is 4.23. The third-order valence-electron chi connectivity index (χ3n) is 4.23. The molecule has 1 unspecified atom stereocenters. The van der Waals surface area contributed by atoms with Gasteiger partial charge >= 0.3 is 0 Å². The van der Waals surface area contributed by atoms with E-state index in [1.165, 1.54) is 0 Å². The molecule has 1 amide bonds. The zero-order valence-electron chi connectivity index (χ0n) is 13.3. The summed E-state index contributed by atoms with van der Waals surface area (Å²) in [6.45, 7) is 3.13. The van der Waals surface area contributed by atoms with Crippen molar-refractivity contribution in [2.45, 2.75) is 19.3 Å². The van der Waals surface area contributed by atoms with Gasteiger partial charge in [-0.25, -0.2) is 0 Å². The topological polar surface area (TPSA) is 87.9 Å². The number of amides is 1. The molecule has 1 N–H and O–H groups in total. The molecule has 3 heterocycles. The van der Waals surface area contributed by atoms with Crippen molar-refractivity contribution in [1.82, 2.24) is 25.2 Å². The molecule has 0 saturated carbocycles. The predicted molar refractivity (Wildman–Crippen MR) is 86.3 cm³/mol. The number of hydrogen-bond acceptors (Lipinski definition) is 5. The van der Waals surface area contributed by atoms with Gasteiger partial charge in [0, 0.05) is 30.3 Å². The quantitative estimate of drug-likeness (QED) is 0.799. The van der Waals surface area contributed by atoms with E-state index in [1.54, 1.807) is 11.0 Å². The second kappa shape index (κ2) is 5.92. The first kappa shape index (κ1) is 14.6. The summed E-state index contributed by atoms with van der Waals surface area (Å²) in [5, 5.41) is 10.9. The Balaban J connectivity index is 1.47. The number of benzene rings is 1. The van der Waals surface area contributed by atoms with E-state index in [1.807, 2.05) is 37.3 Å². The van der Waals surface area contributed by atoms with Gasteiger partial charge in [-0.1, -0.05) is 23.4 Å². The van der Waals surface area contributed by atoms with Gasteiger partial charge in [-0.2, -0.15) is 10.1 Å². The lowest BCUT2D eigenvalue weighted by atomic mass is 10.1. The molecule has 0 aliphatic carbocycles. The molecule has 1 fully saturated rings. The number of aryl methyl sites for hydroxylation is 1. The van der Waals surface area contributed by atoms with Crippen LogP contribution in [0.1, 0.15) is 34.3 Å². The van der Waals surface area contributed by atoms with Crippen LogP contribution in [0.2, 0.25) is 0 Å². The fourth-order valence-electron chi connectivity index (χ4n) is 2.94. The summed E-state index contributed by atoms with van der Waals surface area (Å²) < 4.78 is 5.36. The number of nitrogens with zero attached hydrogens (tertiary/aromatic N) is 4. The molecule has 4 rings (SSSR count). The maximum absolute atomic E-state index is 12.4. The van der Waals surface area contributed by atoms with E-state index in [-0.39, 0.29) is 11.8 Å². The Morgan fingerprint density at radius 1 is 1.33 bits per heavy atom. The van der Waals surface area contributed by atoms with E-state index < -0.39 is 0 Å². The molecule has 24 heavy (non-hydrogen) atoms. The first-order valence-electron chi connectivity index (χ1n) is 7.91. The highest BCUT2D eigenvalue weighted by Gasteiger charge is 2.31. The van der Waals surface area contributed by atoms with Gasteiger partial charge in [-0.3, -0.25) is 9.89 Å². The molecule has 1 aliphatic rings. The minimum absolute atomic E-state index is 0.0615. The maximum Gasteiger partial charge on any atom is 0.274 e. The molecule has 1 aliphatic heterocycles. The first-order chi connectivity index (χ1) is 11.7. The van der Waals surface area contributed by atoms with Crippen molar-refractivity contribution in [3.8, 4) is 11.5 Å². The number of likely N-dealkylation sites (tertiary alicyclic amines) is 1. The van der Waals surface area contributed by atoms with Gasteiger partial charge in [0.15, 0.2) is 5.82 Å². The van der Waals surface area contributed by atoms with Crippen LogP contribution in [0.4, 0.5) is 0 Å². The van der Waals surface area contributed by atoms with E-state index in [0.717, 1.165) is 17.7 Å². The standard InChI is InChI=1S/C17H17N5O2/c1-11-9-14(20-19-11)17(23)22-8-7-13(10-22)15-18-16(24-21-15)12-5-3-2-4-6-12/h2-6,9,13H,7-8,10H2,1H3,(H,19,20). The lowest BCUT2D eigenvalue weighted by Gasteiger charge is -2.13. The SMILES string of the molecule is Cc1cc(C(=O)N2CCC(c3noc(-c4ccccc4)n3)C2)n[nH]1. The van der Waals surface area contributed by atoms with Gasteiger partial charge in [-0.15, -0.1) is 0 Å². The molecule has 0 radical (unpaired) electrons. The maximum atomic E-state index is 12.4. The largest absolute Gasteiger partial charge is 0.336 e. The van der Waals surface area contributed by atoms with Gasteiger partial charge < -0.3 is 9.42 Å². The summed E-state index contributed by atoms with van der Waals surface area (Å²) in [6.07, 6.45) is 0.822. The fraction of sp³-hybridized carbons (Fsp3) is 0.294. The van der Waals surface area contributed by atoms with Gasteiger partial charge in [-0.05, 0) is 31.5 Å². The zero-order chi connectivity index (χ0) is 16.5. The average molecular weight is 323 g/mol. The van der Waals surface area contributed by atoms with Gasteiger partial charge in [0.1, 0.15) is 5.69 Å². The Kier molecular flexibility index (Phi) is 3.60. The highest BCUT2D eigenvalue weighted by atomic mass is 16.5. The van der Waals surface area contributed by atoms with Crippen LogP contribution in [-0.2, 0) is 0 Å². The number of hydrogen-bond donors (Lipinski definition) is 1. The van der Waals surface area contributed by atoms with E-state index in [9.17, 15) is 4.79 Å². The fourth-order valence-corrected chi connectivity index (χ4v) is 2.94. The predicted octanol–water partition coefficient (Wildman–Crippen LogP) is 2.40. The monoisotopic (exact) mass is 323 g/mol. The molecule has 2 aromatic heterocycles. The van der Waals surface area contributed by atoms with Crippen molar-refractivity contribution in [1.29, 1.82) is 0 Å². The van der Waals surface area contributed by atoms with Crippen LogP contribution >= 0.6 is 0 Å². The van der Waals surface area contributed by atoms with E-state index in [0.29, 0.717) is 30.5 Å². The van der Waals surface area contributed by atoms with E-state index >= 15 is 0 Å². The molecule has 7 heteroatoms. The van der Waals surface area contributed by atoms with Crippen LogP contribution in [0.15, 0.2) is 40.9 Å². The van der Waals surface area contributed by atoms with Crippen LogP contribution in [0.3, 0.4) is 0 Å². The number of carbonyl (C=O) groups excluding carboxylic acids is 1. The Morgan fingerprint density at radius 2 is 2.17 bits per heavy atom. The molecule has 7 nitrogen and oxygen atoms in total. The van der Waals surface area contributed by atoms with E-state index in [2.05, 4.69) is 20.3 Å². The van der Waals surface area contributed by atoms with Crippen LogP contribution in [-0.4, -0.2) is 44.2 Å². The van der Waals surface area contributed by atoms with Gasteiger partial charge in [0.2, 0.25) is 0 Å². The molecule has 1 aromatic carbocycles. The molecule has 0 spiro atoms. The van der Waals surface area contributed by atoms with Crippen molar-refractivity contribution >= 4 is 5.91 Å². The molecule has 1 atom stereocenters. The minimum Gasteiger partial charge on any atom is -0.336 e. The second-order valence-corrected chi connectivity index (χ2v) is 6.00. The number of aromatic nitrogens is 4. The molecule has 0 bridgehead atoms. The minimum atomic E-state index is -0.0615. The molecule has 3 aromatic rings. The van der Waals surface area contributed by atoms with Crippen molar-refractivity contribution in [2.24, 2.45) is 0 Å². The number of carbonyl (C=O) groups is 1. The van der Waals surface area contributed by atoms with Crippen LogP contribution in [0.5, 0.6) is 0 Å². The Hall–Kier alpha value is -2.96. The lowest BCUT2D eigenvalue weighted by molar-refractivity contribution is 0.0784. The summed E-state index contributed by atoms with van der Waals surface area (Å²) in [5.74, 6) is 1.20. The van der Waals surface area contributed by atoms with Crippen LogP contribution < -0.4 is 0 Å². The molecule has 1 saturated heterocycles. The first-order valence-corrected chi connectivity index (χ1v) is 7.91. The Bertz CT molecular complexity index is 855. The third kappa shape index (κ3) is 2.68. The Morgan fingerprint density at radius 3 is 2.92 bits per heavy atom. The van der Waals surface area contributed by atoms with Crippen molar-refractivity contribution in [3.05, 3.63) is 53.6 Å². The van der Waals surface area contributed by atoms with Crippen molar-refractivity contribution < 1.29 is 9.32 Å². The summed E-state index contributed by atoms with van der Waals surface area (Å²) in [4.78, 5) is 18.7. The summed E-state index contributed by atoms with van der Waals surface area (Å²) in [5.41, 5.74) is 2.22. The van der Waals surface area contributed by atoms with Gasteiger partial charge in [0.25, 0.3) is 11.8 Å². The smallest absolute Gasteiger partial charge is 0.274 e. The normalized spacial score (nSPS) is 17.4. The molecular formula is C17H17N5O2. The highest BCUT2D eigenvalue weighted by molar-refractivity contribution is 5.92. The van der Waals surface area contributed by atoms with Crippen molar-refractivity contribution in [2.75, 3.05) is 13.1 Å². The summed E-state index contributed by atoms with van der Waals surface area (Å²) in [6, 6.07) is 11.4. The number of aromatic amines is 1. The number of rotatable bonds is 3. The average Bonchev–Trinajstić information content (AvgIpc) is 3.35.